The van der Waals surface area contributed by atoms with Crippen LogP contribution in [0.4, 0.5) is 5.82 Å². The Kier molecular flexibility index (Phi) is 5.84. The van der Waals surface area contributed by atoms with Gasteiger partial charge in [-0.1, -0.05) is 33.6 Å². The fourth-order valence-electron chi connectivity index (χ4n) is 2.92. The summed E-state index contributed by atoms with van der Waals surface area (Å²) in [6, 6.07) is 4.88. The van der Waals surface area contributed by atoms with Crippen LogP contribution in [0.25, 0.3) is 0 Å². The van der Waals surface area contributed by atoms with Gasteiger partial charge in [0, 0.05) is 31.9 Å². The predicted molar refractivity (Wildman–Crippen MR) is 86.1 cm³/mol. The zero-order valence-electron chi connectivity index (χ0n) is 13.2. The van der Waals surface area contributed by atoms with Crippen molar-refractivity contribution in [2.24, 2.45) is 5.92 Å². The van der Waals surface area contributed by atoms with Gasteiger partial charge in [-0.25, -0.2) is 4.98 Å². The molecule has 1 aliphatic heterocycles. The number of anilines is 1. The Morgan fingerprint density at radius 3 is 2.75 bits per heavy atom. The average Bonchev–Trinajstić information content (AvgIpc) is 2.47. The van der Waals surface area contributed by atoms with E-state index in [2.05, 4.69) is 48.1 Å². The first-order chi connectivity index (χ1) is 9.69. The lowest BCUT2D eigenvalue weighted by atomic mass is 9.92. The Balaban J connectivity index is 1.91. The van der Waals surface area contributed by atoms with Crippen molar-refractivity contribution in [3.05, 3.63) is 23.9 Å². The maximum absolute atomic E-state index is 4.56. The van der Waals surface area contributed by atoms with Gasteiger partial charge >= 0.3 is 0 Å². The molecule has 1 saturated heterocycles. The predicted octanol–water partition coefficient (Wildman–Crippen LogP) is 3.60. The number of piperidine rings is 1. The molecule has 2 rings (SSSR count). The zero-order valence-corrected chi connectivity index (χ0v) is 13.2. The van der Waals surface area contributed by atoms with Crippen LogP contribution in [0, 0.1) is 5.92 Å². The summed E-state index contributed by atoms with van der Waals surface area (Å²) in [5.74, 6) is 2.09. The molecule has 0 radical (unpaired) electrons. The maximum atomic E-state index is 4.56. The molecule has 0 amide bonds. The van der Waals surface area contributed by atoms with Gasteiger partial charge in [0.25, 0.3) is 0 Å². The van der Waals surface area contributed by atoms with Crippen LogP contribution in [0.2, 0.25) is 0 Å². The molecule has 0 bridgehead atoms. The molecule has 0 aliphatic carbocycles. The van der Waals surface area contributed by atoms with Gasteiger partial charge in [-0.3, -0.25) is 0 Å². The lowest BCUT2D eigenvalue weighted by Gasteiger charge is -2.33. The normalized spacial score (nSPS) is 16.9. The largest absolute Gasteiger partial charge is 0.357 e. The highest BCUT2D eigenvalue weighted by Gasteiger charge is 2.19. The van der Waals surface area contributed by atoms with Crippen molar-refractivity contribution in [2.45, 2.75) is 59.0 Å². The Bertz CT molecular complexity index is 395. The number of hydrogen-bond acceptors (Lipinski definition) is 3. The molecular weight excluding hydrogens is 246 g/mol. The minimum atomic E-state index is 0.524. The fraction of sp³-hybridized carbons (Fsp3) is 0.706. The van der Waals surface area contributed by atoms with Gasteiger partial charge in [0.1, 0.15) is 5.82 Å². The highest BCUT2D eigenvalue weighted by atomic mass is 15.2. The van der Waals surface area contributed by atoms with Crippen LogP contribution in [0.1, 0.15) is 52.0 Å². The van der Waals surface area contributed by atoms with E-state index in [1.807, 2.05) is 6.20 Å². The van der Waals surface area contributed by atoms with Crippen LogP contribution in [0.3, 0.4) is 0 Å². The highest BCUT2D eigenvalue weighted by molar-refractivity contribution is 5.41. The molecule has 0 atom stereocenters. The van der Waals surface area contributed by atoms with Crippen molar-refractivity contribution in [3.63, 3.8) is 0 Å². The van der Waals surface area contributed by atoms with E-state index in [4.69, 9.17) is 0 Å². The summed E-state index contributed by atoms with van der Waals surface area (Å²) in [7, 11) is 0. The first-order valence-corrected chi connectivity index (χ1v) is 8.12. The second kappa shape index (κ2) is 7.63. The monoisotopic (exact) mass is 275 g/mol. The van der Waals surface area contributed by atoms with Crippen LogP contribution in [0.5, 0.6) is 0 Å². The Morgan fingerprint density at radius 1 is 1.35 bits per heavy atom. The number of nitrogens with one attached hydrogen (secondary N) is 1. The average molecular weight is 275 g/mol. The summed E-state index contributed by atoms with van der Waals surface area (Å²) in [5.41, 5.74) is 1.33. The smallest absolute Gasteiger partial charge is 0.128 e. The van der Waals surface area contributed by atoms with Gasteiger partial charge < -0.3 is 10.2 Å². The molecule has 3 nitrogen and oxygen atoms in total. The molecule has 0 spiro atoms. The van der Waals surface area contributed by atoms with Crippen LogP contribution in [-0.2, 0) is 6.54 Å². The molecule has 2 heterocycles. The molecular formula is C17H29N3. The summed E-state index contributed by atoms with van der Waals surface area (Å²) < 4.78 is 0. The topological polar surface area (TPSA) is 28.2 Å². The second-order valence-corrected chi connectivity index (χ2v) is 6.28. The molecule has 3 heteroatoms. The number of rotatable bonds is 6. The molecule has 0 unspecified atom stereocenters. The molecule has 1 aromatic heterocycles. The van der Waals surface area contributed by atoms with Crippen molar-refractivity contribution >= 4 is 5.82 Å². The van der Waals surface area contributed by atoms with E-state index in [1.54, 1.807) is 0 Å². The minimum Gasteiger partial charge on any atom is -0.357 e. The third kappa shape index (κ3) is 4.48. The van der Waals surface area contributed by atoms with E-state index in [1.165, 1.54) is 44.3 Å². The van der Waals surface area contributed by atoms with Gasteiger partial charge in [-0.2, -0.15) is 0 Å². The van der Waals surface area contributed by atoms with Gasteiger partial charge in [0.05, 0.1) is 0 Å². The first-order valence-electron chi connectivity index (χ1n) is 8.12. The highest BCUT2D eigenvalue weighted by Crippen LogP contribution is 2.25. The number of aromatic nitrogens is 1. The molecule has 1 N–H and O–H groups in total. The third-order valence-corrected chi connectivity index (χ3v) is 4.16. The standard InChI is InChI=1S/C17H29N3/c1-4-5-15-7-10-20(11-8-15)17-12-16(6-9-18-17)13-19-14(2)3/h6,9,12,14-15,19H,4-5,7-8,10-11,13H2,1-3H3. The molecule has 1 fully saturated rings. The van der Waals surface area contributed by atoms with Crippen LogP contribution < -0.4 is 10.2 Å². The summed E-state index contributed by atoms with van der Waals surface area (Å²) in [6.07, 6.45) is 7.30. The van der Waals surface area contributed by atoms with Crippen molar-refractivity contribution in [1.29, 1.82) is 0 Å². The van der Waals surface area contributed by atoms with Gasteiger partial charge in [0.15, 0.2) is 0 Å². The third-order valence-electron chi connectivity index (χ3n) is 4.16. The van der Waals surface area contributed by atoms with E-state index in [-0.39, 0.29) is 0 Å². The van der Waals surface area contributed by atoms with Gasteiger partial charge in [-0.15, -0.1) is 0 Å². The number of hydrogen-bond donors (Lipinski definition) is 1. The summed E-state index contributed by atoms with van der Waals surface area (Å²) in [6.45, 7) is 9.91. The van der Waals surface area contributed by atoms with E-state index in [0.717, 1.165) is 18.3 Å². The molecule has 1 aliphatic rings. The lowest BCUT2D eigenvalue weighted by molar-refractivity contribution is 0.377. The van der Waals surface area contributed by atoms with Gasteiger partial charge in [-0.05, 0) is 36.5 Å². The van der Waals surface area contributed by atoms with Crippen molar-refractivity contribution < 1.29 is 0 Å². The fourth-order valence-corrected chi connectivity index (χ4v) is 2.92. The molecule has 112 valence electrons. The summed E-state index contributed by atoms with van der Waals surface area (Å²) in [4.78, 5) is 7.01. The molecule has 0 aromatic carbocycles. The second-order valence-electron chi connectivity index (χ2n) is 6.28. The first kappa shape index (κ1) is 15.3. The van der Waals surface area contributed by atoms with E-state index < -0.39 is 0 Å². The molecule has 1 aromatic rings. The maximum Gasteiger partial charge on any atom is 0.128 e. The minimum absolute atomic E-state index is 0.524. The molecule has 0 saturated carbocycles. The number of pyridine rings is 1. The zero-order chi connectivity index (χ0) is 14.4. The van der Waals surface area contributed by atoms with Crippen LogP contribution >= 0.6 is 0 Å². The SMILES string of the molecule is CCCC1CCN(c2cc(CNC(C)C)ccn2)CC1. The summed E-state index contributed by atoms with van der Waals surface area (Å²) >= 11 is 0. The summed E-state index contributed by atoms with van der Waals surface area (Å²) in [5, 5.41) is 3.47. The van der Waals surface area contributed by atoms with E-state index >= 15 is 0 Å². The lowest BCUT2D eigenvalue weighted by Crippen LogP contribution is -2.34. The van der Waals surface area contributed by atoms with Crippen molar-refractivity contribution in [1.82, 2.24) is 10.3 Å². The number of nitrogens with zero attached hydrogens (tertiary/aromatic N) is 2. The van der Waals surface area contributed by atoms with Crippen LogP contribution in [0.15, 0.2) is 18.3 Å². The van der Waals surface area contributed by atoms with E-state index in [0.29, 0.717) is 6.04 Å². The van der Waals surface area contributed by atoms with Gasteiger partial charge in [0.2, 0.25) is 0 Å². The van der Waals surface area contributed by atoms with E-state index in [9.17, 15) is 0 Å². The Hall–Kier alpha value is -1.09. The Labute approximate surface area is 123 Å². The molecule has 20 heavy (non-hydrogen) atoms. The quantitative estimate of drug-likeness (QED) is 0.860. The Morgan fingerprint density at radius 2 is 2.10 bits per heavy atom. The van der Waals surface area contributed by atoms with Crippen LogP contribution in [-0.4, -0.2) is 24.1 Å². The van der Waals surface area contributed by atoms with Crippen molar-refractivity contribution in [3.8, 4) is 0 Å². The van der Waals surface area contributed by atoms with Crippen molar-refractivity contribution in [2.75, 3.05) is 18.0 Å².